The first-order valence-corrected chi connectivity index (χ1v) is 10.2. The third-order valence-electron chi connectivity index (χ3n) is 6.27. The molecule has 0 spiro atoms. The Morgan fingerprint density at radius 1 is 1.07 bits per heavy atom. The van der Waals surface area contributed by atoms with Crippen LogP contribution in [0.5, 0.6) is 0 Å². The van der Waals surface area contributed by atoms with Crippen LogP contribution < -0.4 is 4.90 Å². The van der Waals surface area contributed by atoms with Crippen LogP contribution in [0.2, 0.25) is 0 Å². The lowest BCUT2D eigenvalue weighted by Gasteiger charge is -2.36. The van der Waals surface area contributed by atoms with Gasteiger partial charge >= 0.3 is 6.03 Å². The van der Waals surface area contributed by atoms with Crippen LogP contribution in [0.4, 0.5) is 10.5 Å². The molecule has 0 aromatic heterocycles. The highest BCUT2D eigenvalue weighted by molar-refractivity contribution is 6.25. The minimum absolute atomic E-state index is 0.0773. The second-order valence-corrected chi connectivity index (χ2v) is 9.55. The molecule has 2 aromatic carbocycles. The number of carbonyl (C=O) groups excluding carboxylic acids is 3. The summed E-state index contributed by atoms with van der Waals surface area (Å²) in [5.74, 6) is -0.138. The van der Waals surface area contributed by atoms with Crippen molar-refractivity contribution in [3.8, 4) is 0 Å². The molecule has 3 aliphatic rings. The van der Waals surface area contributed by atoms with E-state index in [-0.39, 0.29) is 35.3 Å². The smallest absolute Gasteiger partial charge is 0.332 e. The normalized spacial score (nSPS) is 26.0. The summed E-state index contributed by atoms with van der Waals surface area (Å²) in [6.07, 6.45) is 1.14. The summed E-state index contributed by atoms with van der Waals surface area (Å²) >= 11 is 0. The zero-order chi connectivity index (χ0) is 20.5. The van der Waals surface area contributed by atoms with Crippen LogP contribution in [0, 0.1) is 5.41 Å². The summed E-state index contributed by atoms with van der Waals surface area (Å²) in [5, 5.41) is 1.87. The van der Waals surface area contributed by atoms with Gasteiger partial charge in [-0.05, 0) is 23.3 Å². The Labute approximate surface area is 170 Å². The largest absolute Gasteiger partial charge is 0.335 e. The van der Waals surface area contributed by atoms with Gasteiger partial charge in [0.2, 0.25) is 5.91 Å². The zero-order valence-electron chi connectivity index (χ0n) is 17.0. The molecule has 150 valence electrons. The van der Waals surface area contributed by atoms with E-state index in [9.17, 15) is 14.4 Å². The number of nitrogens with zero attached hydrogens (tertiary/aromatic N) is 3. The highest BCUT2D eigenvalue weighted by atomic mass is 16.2. The number of rotatable bonds is 2. The number of hydrogen-bond donors (Lipinski definition) is 0. The third kappa shape index (κ3) is 2.65. The van der Waals surface area contributed by atoms with Gasteiger partial charge in [-0.1, -0.05) is 57.2 Å². The molecule has 3 fully saturated rings. The quantitative estimate of drug-likeness (QED) is 0.737. The molecule has 3 saturated heterocycles. The molecule has 29 heavy (non-hydrogen) atoms. The van der Waals surface area contributed by atoms with E-state index >= 15 is 0 Å². The summed E-state index contributed by atoms with van der Waals surface area (Å²) in [7, 11) is 0. The Bertz CT molecular complexity index is 1040. The van der Waals surface area contributed by atoms with Crippen LogP contribution in [0.1, 0.15) is 33.6 Å². The summed E-state index contributed by atoms with van der Waals surface area (Å²) in [6.45, 7) is 6.65. The van der Waals surface area contributed by atoms with Gasteiger partial charge in [0.1, 0.15) is 6.04 Å². The van der Waals surface area contributed by atoms with Gasteiger partial charge in [0.05, 0.1) is 17.8 Å². The molecule has 6 heteroatoms. The maximum Gasteiger partial charge on any atom is 0.332 e. The Hall–Kier alpha value is -2.89. The van der Waals surface area contributed by atoms with Crippen LogP contribution in [-0.4, -0.2) is 52.3 Å². The Kier molecular flexibility index (Phi) is 3.79. The SMILES string of the molecule is CC(C)(C)CC(=O)N1CC2CC1C1C(=O)N(c3cccc4ccccc34)C(=O)N21. The van der Waals surface area contributed by atoms with Crippen LogP contribution in [0.3, 0.4) is 0 Å². The van der Waals surface area contributed by atoms with Crippen LogP contribution in [-0.2, 0) is 9.59 Å². The van der Waals surface area contributed by atoms with Crippen LogP contribution in [0.25, 0.3) is 10.8 Å². The molecule has 3 aliphatic heterocycles. The van der Waals surface area contributed by atoms with Crippen molar-refractivity contribution in [1.29, 1.82) is 0 Å². The van der Waals surface area contributed by atoms with Crippen molar-refractivity contribution in [2.75, 3.05) is 11.4 Å². The lowest BCUT2D eigenvalue weighted by atomic mass is 9.91. The molecular weight excluding hydrogens is 366 g/mol. The monoisotopic (exact) mass is 391 g/mol. The standard InChI is InChI=1S/C23H25N3O3/c1-23(2,3)12-19(27)24-13-15-11-18(24)20-21(28)26(22(29)25(15)20)17-10-6-8-14-7-4-5-9-16(14)17/h4-10,15,18,20H,11-13H2,1-3H3. The average molecular weight is 391 g/mol. The van der Waals surface area contributed by atoms with Gasteiger partial charge < -0.3 is 9.80 Å². The molecule has 0 N–H and O–H groups in total. The maximum atomic E-state index is 13.4. The molecule has 3 atom stereocenters. The number of carbonyl (C=O) groups is 3. The topological polar surface area (TPSA) is 60.9 Å². The van der Waals surface area contributed by atoms with Crippen molar-refractivity contribution in [3.63, 3.8) is 0 Å². The fourth-order valence-corrected chi connectivity index (χ4v) is 5.12. The van der Waals surface area contributed by atoms with E-state index in [0.717, 1.165) is 10.8 Å². The molecule has 0 saturated carbocycles. The lowest BCUT2D eigenvalue weighted by Crippen LogP contribution is -2.55. The predicted octanol–water partition coefficient (Wildman–Crippen LogP) is 3.40. The average Bonchev–Trinajstić information content (AvgIpc) is 3.32. The number of imide groups is 1. The first-order chi connectivity index (χ1) is 13.8. The van der Waals surface area contributed by atoms with Crippen molar-refractivity contribution >= 4 is 34.3 Å². The molecule has 3 unspecified atom stereocenters. The molecule has 6 nitrogen and oxygen atoms in total. The number of hydrogen-bond acceptors (Lipinski definition) is 3. The van der Waals surface area contributed by atoms with E-state index in [0.29, 0.717) is 25.1 Å². The molecule has 5 rings (SSSR count). The number of benzene rings is 2. The first-order valence-electron chi connectivity index (χ1n) is 10.2. The fraction of sp³-hybridized carbons (Fsp3) is 0.435. The number of anilines is 1. The van der Waals surface area contributed by atoms with Crippen molar-refractivity contribution in [2.45, 2.75) is 51.7 Å². The van der Waals surface area contributed by atoms with Gasteiger partial charge in [0.15, 0.2) is 0 Å². The zero-order valence-corrected chi connectivity index (χ0v) is 17.0. The summed E-state index contributed by atoms with van der Waals surface area (Å²) in [5.41, 5.74) is 0.516. The van der Waals surface area contributed by atoms with Crippen molar-refractivity contribution in [3.05, 3.63) is 42.5 Å². The number of urea groups is 1. The summed E-state index contributed by atoms with van der Waals surface area (Å²) < 4.78 is 0. The predicted molar refractivity (Wildman–Crippen MR) is 110 cm³/mol. The number of piperazine rings is 1. The van der Waals surface area contributed by atoms with Gasteiger partial charge in [-0.3, -0.25) is 9.59 Å². The summed E-state index contributed by atoms with van der Waals surface area (Å²) in [4.78, 5) is 44.4. The van der Waals surface area contributed by atoms with Crippen molar-refractivity contribution < 1.29 is 14.4 Å². The first kappa shape index (κ1) is 18.2. The molecule has 4 amide bonds. The van der Waals surface area contributed by atoms with E-state index in [2.05, 4.69) is 0 Å². The molecule has 2 bridgehead atoms. The van der Waals surface area contributed by atoms with E-state index in [1.165, 1.54) is 4.90 Å². The summed E-state index contributed by atoms with van der Waals surface area (Å²) in [6, 6.07) is 12.3. The van der Waals surface area contributed by atoms with Gasteiger partial charge in [0, 0.05) is 18.4 Å². The van der Waals surface area contributed by atoms with Crippen molar-refractivity contribution in [1.82, 2.24) is 9.80 Å². The molecular formula is C23H25N3O3. The minimum Gasteiger partial charge on any atom is -0.335 e. The fourth-order valence-electron chi connectivity index (χ4n) is 5.12. The number of fused-ring (bicyclic) bond motifs is 6. The Morgan fingerprint density at radius 2 is 1.79 bits per heavy atom. The molecule has 2 aromatic rings. The molecule has 0 radical (unpaired) electrons. The highest BCUT2D eigenvalue weighted by Crippen LogP contribution is 2.44. The molecule has 3 heterocycles. The second kappa shape index (κ2) is 6.05. The van der Waals surface area contributed by atoms with Gasteiger partial charge in [-0.25, -0.2) is 9.69 Å². The number of likely N-dealkylation sites (tertiary alicyclic amines) is 1. The highest BCUT2D eigenvalue weighted by Gasteiger charge is 2.62. The number of amides is 4. The van der Waals surface area contributed by atoms with Crippen molar-refractivity contribution in [2.24, 2.45) is 5.41 Å². The second-order valence-electron chi connectivity index (χ2n) is 9.55. The maximum absolute atomic E-state index is 13.4. The van der Waals surface area contributed by atoms with Gasteiger partial charge in [0.25, 0.3) is 5.91 Å². The van der Waals surface area contributed by atoms with E-state index in [4.69, 9.17) is 0 Å². The minimum atomic E-state index is -0.566. The van der Waals surface area contributed by atoms with E-state index in [1.54, 1.807) is 4.90 Å². The van der Waals surface area contributed by atoms with Gasteiger partial charge in [-0.2, -0.15) is 0 Å². The Morgan fingerprint density at radius 3 is 2.55 bits per heavy atom. The lowest BCUT2D eigenvalue weighted by molar-refractivity contribution is -0.137. The van der Waals surface area contributed by atoms with E-state index < -0.39 is 6.04 Å². The third-order valence-corrected chi connectivity index (χ3v) is 6.27. The Balaban J connectivity index is 1.48. The van der Waals surface area contributed by atoms with Crippen LogP contribution in [0.15, 0.2) is 42.5 Å². The van der Waals surface area contributed by atoms with Crippen LogP contribution >= 0.6 is 0 Å². The van der Waals surface area contributed by atoms with E-state index in [1.807, 2.05) is 68.1 Å². The molecule has 0 aliphatic carbocycles. The van der Waals surface area contributed by atoms with Gasteiger partial charge in [-0.15, -0.1) is 0 Å².